The Balaban J connectivity index is 0.00000729. The van der Waals surface area contributed by atoms with Crippen LogP contribution in [0.5, 0.6) is 0 Å². The number of nitrogens with one attached hydrogen (secondary N) is 3. The van der Waals surface area contributed by atoms with Crippen LogP contribution in [0, 0.1) is 6.92 Å². The van der Waals surface area contributed by atoms with Gasteiger partial charge in [0.15, 0.2) is 5.96 Å². The molecule has 1 amide bonds. The SMILES string of the molecule is CCC(CC)(CNC(=NC)NCCc1csc(C)n1)NC(=O)OC(C)(C)C.I. The Hall–Kier alpha value is -1.10. The summed E-state index contributed by atoms with van der Waals surface area (Å²) >= 11 is 1.66. The maximum absolute atomic E-state index is 12.2. The van der Waals surface area contributed by atoms with E-state index in [0.717, 1.165) is 36.5 Å². The molecule has 0 radical (unpaired) electrons. The largest absolute Gasteiger partial charge is 0.444 e. The van der Waals surface area contributed by atoms with Crippen molar-refractivity contribution < 1.29 is 9.53 Å². The molecular formula is C19H36IN5O2S. The minimum Gasteiger partial charge on any atom is -0.444 e. The first-order valence-corrected chi connectivity index (χ1v) is 10.4. The summed E-state index contributed by atoms with van der Waals surface area (Å²) in [6.07, 6.45) is 2.01. The Bertz CT molecular complexity index is 624. The van der Waals surface area contributed by atoms with Gasteiger partial charge in [0.1, 0.15) is 5.60 Å². The lowest BCUT2D eigenvalue weighted by molar-refractivity contribution is 0.0448. The molecule has 1 aromatic heterocycles. The standard InChI is InChI=1S/C19H35N5O2S.HI/c1-8-19(9-2,24-17(25)26-18(4,5)6)13-22-16(20-7)21-11-10-15-12-27-14(3)23-15;/h12H,8-11,13H2,1-7H3,(H,24,25)(H2,20,21,22);1H. The van der Waals surface area contributed by atoms with Crippen molar-refractivity contribution in [3.8, 4) is 0 Å². The van der Waals surface area contributed by atoms with Gasteiger partial charge in [0, 0.05) is 31.9 Å². The number of hydrogen-bond donors (Lipinski definition) is 3. The first kappa shape index (κ1) is 26.9. The highest BCUT2D eigenvalue weighted by Gasteiger charge is 2.30. The van der Waals surface area contributed by atoms with Gasteiger partial charge in [0.05, 0.1) is 16.2 Å². The topological polar surface area (TPSA) is 87.6 Å². The van der Waals surface area contributed by atoms with E-state index in [4.69, 9.17) is 4.74 Å². The van der Waals surface area contributed by atoms with Crippen molar-refractivity contribution in [3.05, 3.63) is 16.1 Å². The van der Waals surface area contributed by atoms with Crippen molar-refractivity contribution in [2.45, 2.75) is 71.9 Å². The maximum Gasteiger partial charge on any atom is 0.408 e. The third-order valence-electron chi connectivity index (χ3n) is 4.28. The quantitative estimate of drug-likeness (QED) is 0.273. The zero-order chi connectivity index (χ0) is 20.5. The molecule has 1 rings (SSSR count). The van der Waals surface area contributed by atoms with E-state index in [1.54, 1.807) is 18.4 Å². The molecule has 0 unspecified atom stereocenters. The number of halogens is 1. The van der Waals surface area contributed by atoms with Crippen LogP contribution < -0.4 is 16.0 Å². The molecule has 0 atom stereocenters. The lowest BCUT2D eigenvalue weighted by Gasteiger charge is -2.34. The third kappa shape index (κ3) is 9.90. The van der Waals surface area contributed by atoms with E-state index in [0.29, 0.717) is 12.5 Å². The van der Waals surface area contributed by atoms with Gasteiger partial charge in [-0.3, -0.25) is 4.99 Å². The molecular weight excluding hydrogens is 489 g/mol. The molecule has 9 heteroatoms. The van der Waals surface area contributed by atoms with Crippen LogP contribution in [0.25, 0.3) is 0 Å². The number of aromatic nitrogens is 1. The number of carbonyl (C=O) groups excluding carboxylic acids is 1. The predicted molar refractivity (Wildman–Crippen MR) is 128 cm³/mol. The van der Waals surface area contributed by atoms with Crippen LogP contribution in [0.2, 0.25) is 0 Å². The first-order chi connectivity index (χ1) is 12.6. The van der Waals surface area contributed by atoms with Crippen molar-refractivity contribution >= 4 is 47.4 Å². The van der Waals surface area contributed by atoms with Gasteiger partial charge in [-0.25, -0.2) is 9.78 Å². The molecule has 0 aliphatic heterocycles. The summed E-state index contributed by atoms with van der Waals surface area (Å²) in [6, 6.07) is 0. The van der Waals surface area contributed by atoms with Crippen LogP contribution in [0.3, 0.4) is 0 Å². The van der Waals surface area contributed by atoms with E-state index < -0.39 is 17.2 Å². The zero-order valence-electron chi connectivity index (χ0n) is 18.1. The van der Waals surface area contributed by atoms with Gasteiger partial charge in [0.2, 0.25) is 0 Å². The number of nitrogens with zero attached hydrogens (tertiary/aromatic N) is 2. The van der Waals surface area contributed by atoms with Gasteiger partial charge in [-0.2, -0.15) is 0 Å². The van der Waals surface area contributed by atoms with Gasteiger partial charge in [-0.1, -0.05) is 13.8 Å². The molecule has 3 N–H and O–H groups in total. The molecule has 1 heterocycles. The second kappa shape index (κ2) is 12.5. The first-order valence-electron chi connectivity index (χ1n) is 9.49. The normalized spacial score (nSPS) is 12.2. The van der Waals surface area contributed by atoms with Crippen molar-refractivity contribution in [1.82, 2.24) is 20.9 Å². The number of ether oxygens (including phenoxy) is 1. The van der Waals surface area contributed by atoms with Gasteiger partial charge >= 0.3 is 6.09 Å². The maximum atomic E-state index is 12.2. The summed E-state index contributed by atoms with van der Waals surface area (Å²) in [7, 11) is 1.74. The molecule has 1 aromatic rings. The molecule has 0 aromatic carbocycles. The van der Waals surface area contributed by atoms with Crippen molar-refractivity contribution in [2.75, 3.05) is 20.1 Å². The lowest BCUT2D eigenvalue weighted by Crippen LogP contribution is -2.57. The monoisotopic (exact) mass is 525 g/mol. The van der Waals surface area contributed by atoms with Crippen LogP contribution in [-0.2, 0) is 11.2 Å². The highest BCUT2D eigenvalue weighted by atomic mass is 127. The average Bonchev–Trinajstić information content (AvgIpc) is 3.00. The molecule has 0 aliphatic rings. The minimum atomic E-state index is -0.517. The summed E-state index contributed by atoms with van der Waals surface area (Å²) in [5, 5.41) is 12.8. The Kier molecular flexibility index (Phi) is 12.0. The van der Waals surface area contributed by atoms with Crippen molar-refractivity contribution in [2.24, 2.45) is 4.99 Å². The Morgan fingerprint density at radius 3 is 2.36 bits per heavy atom. The molecule has 0 aliphatic carbocycles. The number of thiazole rings is 1. The highest BCUT2D eigenvalue weighted by Crippen LogP contribution is 2.16. The van der Waals surface area contributed by atoms with Crippen LogP contribution in [0.15, 0.2) is 10.4 Å². The van der Waals surface area contributed by atoms with Crippen LogP contribution in [-0.4, -0.2) is 48.3 Å². The molecule has 0 saturated carbocycles. The number of hydrogen-bond acceptors (Lipinski definition) is 5. The van der Waals surface area contributed by atoms with Crippen molar-refractivity contribution in [3.63, 3.8) is 0 Å². The number of amides is 1. The van der Waals surface area contributed by atoms with Gasteiger partial charge in [-0.15, -0.1) is 35.3 Å². The van der Waals surface area contributed by atoms with Crippen LogP contribution in [0.4, 0.5) is 4.79 Å². The fraction of sp³-hybridized carbons (Fsp3) is 0.737. The second-order valence-electron chi connectivity index (χ2n) is 7.57. The van der Waals surface area contributed by atoms with Crippen LogP contribution in [0.1, 0.15) is 58.2 Å². The zero-order valence-corrected chi connectivity index (χ0v) is 21.3. The van der Waals surface area contributed by atoms with E-state index in [9.17, 15) is 4.79 Å². The third-order valence-corrected chi connectivity index (χ3v) is 5.10. The van der Waals surface area contributed by atoms with Crippen LogP contribution >= 0.6 is 35.3 Å². The van der Waals surface area contributed by atoms with E-state index in [1.165, 1.54) is 0 Å². The summed E-state index contributed by atoms with van der Waals surface area (Å²) < 4.78 is 5.42. The van der Waals surface area contributed by atoms with E-state index >= 15 is 0 Å². The number of aliphatic imine (C=N–C) groups is 1. The smallest absolute Gasteiger partial charge is 0.408 e. The number of guanidine groups is 1. The number of rotatable bonds is 8. The van der Waals surface area contributed by atoms with E-state index in [1.807, 2.05) is 27.7 Å². The second-order valence-corrected chi connectivity index (χ2v) is 8.64. The summed E-state index contributed by atoms with van der Waals surface area (Å²) in [5.74, 6) is 0.708. The fourth-order valence-electron chi connectivity index (χ4n) is 2.55. The Morgan fingerprint density at radius 1 is 1.25 bits per heavy atom. The fourth-order valence-corrected chi connectivity index (χ4v) is 3.19. The van der Waals surface area contributed by atoms with E-state index in [-0.39, 0.29) is 24.0 Å². The predicted octanol–water partition coefficient (Wildman–Crippen LogP) is 3.86. The Labute approximate surface area is 190 Å². The average molecular weight is 526 g/mol. The van der Waals surface area contributed by atoms with E-state index in [2.05, 4.69) is 45.2 Å². The Morgan fingerprint density at radius 2 is 1.89 bits per heavy atom. The molecule has 0 bridgehead atoms. The molecule has 162 valence electrons. The number of alkyl carbamates (subject to hydrolysis) is 1. The number of carbonyl (C=O) groups is 1. The molecule has 0 saturated heterocycles. The summed E-state index contributed by atoms with van der Waals surface area (Å²) in [6.45, 7) is 13.0. The summed E-state index contributed by atoms with van der Waals surface area (Å²) in [4.78, 5) is 21.0. The molecule has 28 heavy (non-hydrogen) atoms. The molecule has 0 spiro atoms. The van der Waals surface area contributed by atoms with Gasteiger partial charge < -0.3 is 20.7 Å². The lowest BCUT2D eigenvalue weighted by atomic mass is 9.93. The number of aryl methyl sites for hydroxylation is 1. The highest BCUT2D eigenvalue weighted by molar-refractivity contribution is 14.0. The summed E-state index contributed by atoms with van der Waals surface area (Å²) in [5.41, 5.74) is 0.172. The minimum absolute atomic E-state index is 0. The molecule has 0 fully saturated rings. The van der Waals surface area contributed by atoms with Crippen molar-refractivity contribution in [1.29, 1.82) is 0 Å². The molecule has 7 nitrogen and oxygen atoms in total. The van der Waals surface area contributed by atoms with Gasteiger partial charge in [0.25, 0.3) is 0 Å². The van der Waals surface area contributed by atoms with Gasteiger partial charge in [-0.05, 0) is 40.5 Å².